The van der Waals surface area contributed by atoms with Crippen LogP contribution in [-0.2, 0) is 6.54 Å². The summed E-state index contributed by atoms with van der Waals surface area (Å²) < 4.78 is 1.97. The van der Waals surface area contributed by atoms with E-state index in [2.05, 4.69) is 29.6 Å². The first kappa shape index (κ1) is 8.51. The van der Waals surface area contributed by atoms with Crippen molar-refractivity contribution in [1.82, 2.24) is 15.1 Å². The van der Waals surface area contributed by atoms with E-state index in [9.17, 15) is 0 Å². The van der Waals surface area contributed by atoms with Gasteiger partial charge in [0.05, 0.1) is 6.20 Å². The largest absolute Gasteiger partial charge is 0.313 e. The fraction of sp³-hybridized carbons (Fsp3) is 0.500. The molecule has 0 spiro atoms. The highest BCUT2D eigenvalue weighted by atomic mass is 15.3. The van der Waals surface area contributed by atoms with E-state index in [1.807, 2.05) is 10.9 Å². The van der Waals surface area contributed by atoms with Crippen LogP contribution in [0.1, 0.15) is 18.9 Å². The van der Waals surface area contributed by atoms with Crippen LogP contribution in [-0.4, -0.2) is 22.9 Å². The summed E-state index contributed by atoms with van der Waals surface area (Å²) in [7, 11) is 0. The van der Waals surface area contributed by atoms with Crippen LogP contribution in [0.4, 0.5) is 0 Å². The highest BCUT2D eigenvalue weighted by molar-refractivity contribution is 5.65. The summed E-state index contributed by atoms with van der Waals surface area (Å²) in [6.07, 6.45) is 7.45. The zero-order chi connectivity index (χ0) is 9.10. The molecule has 2 rings (SSSR count). The molecule has 0 radical (unpaired) electrons. The van der Waals surface area contributed by atoms with Gasteiger partial charge in [-0.15, -0.1) is 0 Å². The summed E-state index contributed by atoms with van der Waals surface area (Å²) >= 11 is 0. The van der Waals surface area contributed by atoms with Crippen LogP contribution in [0.5, 0.6) is 0 Å². The van der Waals surface area contributed by atoms with Gasteiger partial charge in [-0.05, 0) is 25.5 Å². The maximum absolute atomic E-state index is 4.27. The van der Waals surface area contributed by atoms with Crippen molar-refractivity contribution in [1.29, 1.82) is 0 Å². The Balaban J connectivity index is 2.19. The lowest BCUT2D eigenvalue weighted by Crippen LogP contribution is -2.19. The number of hydrogen-bond acceptors (Lipinski definition) is 2. The van der Waals surface area contributed by atoms with E-state index in [0.29, 0.717) is 0 Å². The van der Waals surface area contributed by atoms with E-state index in [4.69, 9.17) is 0 Å². The molecule has 1 aromatic heterocycles. The van der Waals surface area contributed by atoms with Crippen LogP contribution in [0.25, 0.3) is 5.57 Å². The molecule has 0 aromatic carbocycles. The summed E-state index contributed by atoms with van der Waals surface area (Å²) in [5, 5.41) is 7.57. The molecule has 0 unspecified atom stereocenters. The van der Waals surface area contributed by atoms with Gasteiger partial charge in [-0.25, -0.2) is 0 Å². The summed E-state index contributed by atoms with van der Waals surface area (Å²) in [4.78, 5) is 0. The minimum atomic E-state index is 0.950. The van der Waals surface area contributed by atoms with E-state index in [1.54, 1.807) is 0 Å². The molecule has 0 fully saturated rings. The second-order valence-electron chi connectivity index (χ2n) is 3.27. The lowest BCUT2D eigenvalue weighted by atomic mass is 10.0. The van der Waals surface area contributed by atoms with Gasteiger partial charge in [0.25, 0.3) is 0 Å². The van der Waals surface area contributed by atoms with Gasteiger partial charge in [0.15, 0.2) is 0 Å². The van der Waals surface area contributed by atoms with Crippen LogP contribution in [0.3, 0.4) is 0 Å². The third-order valence-corrected chi connectivity index (χ3v) is 2.39. The minimum absolute atomic E-state index is 0.950. The molecule has 0 aliphatic carbocycles. The van der Waals surface area contributed by atoms with Crippen molar-refractivity contribution in [3.8, 4) is 0 Å². The number of hydrogen-bond donors (Lipinski definition) is 1. The van der Waals surface area contributed by atoms with Gasteiger partial charge < -0.3 is 5.32 Å². The van der Waals surface area contributed by atoms with E-state index in [-0.39, 0.29) is 0 Å². The Morgan fingerprint density at radius 3 is 3.15 bits per heavy atom. The molecule has 2 heterocycles. The molecular formula is C10H15N3. The van der Waals surface area contributed by atoms with Crippen molar-refractivity contribution >= 4 is 5.57 Å². The predicted octanol–water partition coefficient (Wildman–Crippen LogP) is 1.28. The van der Waals surface area contributed by atoms with E-state index >= 15 is 0 Å². The first-order valence-corrected chi connectivity index (χ1v) is 4.82. The third-order valence-electron chi connectivity index (χ3n) is 2.39. The van der Waals surface area contributed by atoms with Gasteiger partial charge in [0, 0.05) is 24.8 Å². The summed E-state index contributed by atoms with van der Waals surface area (Å²) in [6.45, 7) is 5.13. The Bertz CT molecular complexity index is 312. The van der Waals surface area contributed by atoms with Gasteiger partial charge in [-0.2, -0.15) is 5.10 Å². The molecule has 1 N–H and O–H groups in total. The molecule has 1 aliphatic heterocycles. The fourth-order valence-electron chi connectivity index (χ4n) is 1.59. The molecule has 0 atom stereocenters. The monoisotopic (exact) mass is 177 g/mol. The minimum Gasteiger partial charge on any atom is -0.313 e. The van der Waals surface area contributed by atoms with Crippen molar-refractivity contribution in [3.63, 3.8) is 0 Å². The average Bonchev–Trinajstić information content (AvgIpc) is 2.67. The average molecular weight is 177 g/mol. The Morgan fingerprint density at radius 2 is 2.54 bits per heavy atom. The SMILES string of the molecule is CCn1cc(C2=CCNCC2)cn1. The van der Waals surface area contributed by atoms with Gasteiger partial charge in [-0.1, -0.05) is 6.08 Å². The molecule has 0 saturated carbocycles. The number of aryl methyl sites for hydroxylation is 1. The van der Waals surface area contributed by atoms with E-state index < -0.39 is 0 Å². The fourth-order valence-corrected chi connectivity index (χ4v) is 1.59. The topological polar surface area (TPSA) is 29.9 Å². The molecule has 3 heteroatoms. The Labute approximate surface area is 78.4 Å². The molecular weight excluding hydrogens is 162 g/mol. The summed E-state index contributed by atoms with van der Waals surface area (Å²) in [5.74, 6) is 0. The van der Waals surface area contributed by atoms with E-state index in [1.165, 1.54) is 11.1 Å². The molecule has 0 bridgehead atoms. The normalized spacial score (nSPS) is 17.2. The van der Waals surface area contributed by atoms with Crippen LogP contribution < -0.4 is 5.32 Å². The Morgan fingerprint density at radius 1 is 1.62 bits per heavy atom. The van der Waals surface area contributed by atoms with Gasteiger partial charge in [0.2, 0.25) is 0 Å². The van der Waals surface area contributed by atoms with Gasteiger partial charge in [0.1, 0.15) is 0 Å². The number of nitrogens with zero attached hydrogens (tertiary/aromatic N) is 2. The van der Waals surface area contributed by atoms with Crippen molar-refractivity contribution in [2.45, 2.75) is 19.9 Å². The van der Waals surface area contributed by atoms with Crippen molar-refractivity contribution < 1.29 is 0 Å². The van der Waals surface area contributed by atoms with Gasteiger partial charge >= 0.3 is 0 Å². The molecule has 1 aromatic rings. The zero-order valence-electron chi connectivity index (χ0n) is 7.95. The zero-order valence-corrected chi connectivity index (χ0v) is 7.95. The third kappa shape index (κ3) is 1.80. The number of nitrogens with one attached hydrogen (secondary N) is 1. The molecule has 1 aliphatic rings. The lowest BCUT2D eigenvalue weighted by Gasteiger charge is -2.11. The highest BCUT2D eigenvalue weighted by Gasteiger charge is 2.06. The van der Waals surface area contributed by atoms with E-state index in [0.717, 1.165) is 26.1 Å². The molecule has 13 heavy (non-hydrogen) atoms. The van der Waals surface area contributed by atoms with Crippen LogP contribution in [0.15, 0.2) is 18.5 Å². The number of aromatic nitrogens is 2. The molecule has 0 saturated heterocycles. The standard InChI is InChI=1S/C10H15N3/c1-2-13-8-10(7-12-13)9-3-5-11-6-4-9/h3,7-8,11H,2,4-6H2,1H3. The smallest absolute Gasteiger partial charge is 0.0564 e. The van der Waals surface area contributed by atoms with Crippen molar-refractivity contribution in [2.75, 3.05) is 13.1 Å². The highest BCUT2D eigenvalue weighted by Crippen LogP contribution is 2.18. The van der Waals surface area contributed by atoms with Crippen molar-refractivity contribution in [2.24, 2.45) is 0 Å². The second-order valence-corrected chi connectivity index (χ2v) is 3.27. The summed E-state index contributed by atoms with van der Waals surface area (Å²) in [6, 6.07) is 0. The first-order chi connectivity index (χ1) is 6.40. The van der Waals surface area contributed by atoms with Crippen LogP contribution in [0.2, 0.25) is 0 Å². The van der Waals surface area contributed by atoms with Crippen molar-refractivity contribution in [3.05, 3.63) is 24.0 Å². The Kier molecular flexibility index (Phi) is 2.45. The number of rotatable bonds is 2. The van der Waals surface area contributed by atoms with Crippen LogP contribution >= 0.6 is 0 Å². The molecule has 3 nitrogen and oxygen atoms in total. The molecule has 70 valence electrons. The maximum Gasteiger partial charge on any atom is 0.0564 e. The second kappa shape index (κ2) is 3.75. The molecule has 0 amide bonds. The Hall–Kier alpha value is -1.09. The van der Waals surface area contributed by atoms with Crippen LogP contribution in [0, 0.1) is 0 Å². The first-order valence-electron chi connectivity index (χ1n) is 4.82. The van der Waals surface area contributed by atoms with Gasteiger partial charge in [-0.3, -0.25) is 4.68 Å². The summed E-state index contributed by atoms with van der Waals surface area (Å²) in [5.41, 5.74) is 2.71. The maximum atomic E-state index is 4.27. The lowest BCUT2D eigenvalue weighted by molar-refractivity contribution is 0.659. The quantitative estimate of drug-likeness (QED) is 0.737. The predicted molar refractivity (Wildman–Crippen MR) is 53.4 cm³/mol.